The van der Waals surface area contributed by atoms with E-state index in [0.717, 1.165) is 5.56 Å². The number of benzene rings is 2. The highest BCUT2D eigenvalue weighted by Gasteiger charge is 2.14. The summed E-state index contributed by atoms with van der Waals surface area (Å²) in [5.74, 6) is 2.19. The van der Waals surface area contributed by atoms with Gasteiger partial charge in [-0.25, -0.2) is 4.98 Å². The lowest BCUT2D eigenvalue weighted by molar-refractivity contribution is 0.347. The predicted octanol–water partition coefficient (Wildman–Crippen LogP) is 3.09. The van der Waals surface area contributed by atoms with E-state index in [-0.39, 0.29) is 11.8 Å². The highest BCUT2D eigenvalue weighted by molar-refractivity contribution is 6.39. The lowest BCUT2D eigenvalue weighted by Gasteiger charge is -2.16. The number of ether oxygens (including phenoxy) is 3. The maximum Gasteiger partial charge on any atom is 0.222 e. The number of anilines is 3. The van der Waals surface area contributed by atoms with Gasteiger partial charge >= 0.3 is 0 Å². The van der Waals surface area contributed by atoms with Gasteiger partial charge in [-0.2, -0.15) is 4.98 Å². The Balaban J connectivity index is 1.94. The van der Waals surface area contributed by atoms with E-state index in [1.54, 1.807) is 33.5 Å². The molecule has 27 heavy (non-hydrogen) atoms. The fraction of sp³-hybridized carbons (Fsp3) is 0.222. The molecular formula is C18H20ClN5O3. The highest BCUT2D eigenvalue weighted by Crippen LogP contribution is 2.37. The topological polar surface area (TPSA) is 118 Å². The smallest absolute Gasteiger partial charge is 0.222 e. The largest absolute Gasteiger partial charge is 0.496 e. The molecule has 2 aromatic carbocycles. The van der Waals surface area contributed by atoms with Crippen molar-refractivity contribution in [3.05, 3.63) is 34.9 Å². The van der Waals surface area contributed by atoms with Crippen LogP contribution in [0, 0.1) is 0 Å². The molecule has 3 rings (SSSR count). The summed E-state index contributed by atoms with van der Waals surface area (Å²) < 4.78 is 16.1. The van der Waals surface area contributed by atoms with E-state index in [1.807, 2.05) is 12.1 Å². The third kappa shape index (κ3) is 3.56. The van der Waals surface area contributed by atoms with E-state index in [4.69, 9.17) is 37.3 Å². The second-order valence-electron chi connectivity index (χ2n) is 5.66. The van der Waals surface area contributed by atoms with Gasteiger partial charge in [-0.1, -0.05) is 11.6 Å². The van der Waals surface area contributed by atoms with Crippen LogP contribution >= 0.6 is 11.6 Å². The Labute approximate surface area is 161 Å². The van der Waals surface area contributed by atoms with Crippen LogP contribution in [0.4, 0.5) is 17.5 Å². The molecule has 0 spiro atoms. The maximum absolute atomic E-state index is 6.51. The van der Waals surface area contributed by atoms with Crippen LogP contribution in [0.15, 0.2) is 24.3 Å². The van der Waals surface area contributed by atoms with Gasteiger partial charge < -0.3 is 31.0 Å². The molecule has 5 N–H and O–H groups in total. The Morgan fingerprint density at radius 1 is 0.963 bits per heavy atom. The standard InChI is InChI=1S/C18H20ClN5O3/c1-25-12-7-14(27-3)13(26-2)6-9(12)8-22-11-5-4-10-15(16(11)19)17(20)24-18(21)23-10/h4-7,22H,8H2,1-3H3,(H4,20,21,23,24). The molecule has 9 heteroatoms. The molecule has 142 valence electrons. The van der Waals surface area contributed by atoms with Crippen molar-refractivity contribution in [1.82, 2.24) is 9.97 Å². The Hall–Kier alpha value is -3.13. The third-order valence-electron chi connectivity index (χ3n) is 4.10. The van der Waals surface area contributed by atoms with Crippen molar-refractivity contribution in [1.29, 1.82) is 0 Å². The Bertz CT molecular complexity index is 997. The Morgan fingerprint density at radius 2 is 1.63 bits per heavy atom. The number of nitrogens with two attached hydrogens (primary N) is 2. The summed E-state index contributed by atoms with van der Waals surface area (Å²) in [6, 6.07) is 7.21. The fourth-order valence-corrected chi connectivity index (χ4v) is 3.11. The van der Waals surface area contributed by atoms with Gasteiger partial charge in [-0.3, -0.25) is 0 Å². The van der Waals surface area contributed by atoms with Gasteiger partial charge in [0.1, 0.15) is 11.6 Å². The summed E-state index contributed by atoms with van der Waals surface area (Å²) in [6.07, 6.45) is 0. The number of halogens is 1. The minimum Gasteiger partial charge on any atom is -0.496 e. The molecule has 0 amide bonds. The molecule has 0 atom stereocenters. The van der Waals surface area contributed by atoms with E-state index >= 15 is 0 Å². The van der Waals surface area contributed by atoms with Gasteiger partial charge in [0.25, 0.3) is 0 Å². The van der Waals surface area contributed by atoms with Gasteiger partial charge in [0, 0.05) is 18.2 Å². The second-order valence-corrected chi connectivity index (χ2v) is 6.04. The van der Waals surface area contributed by atoms with Gasteiger partial charge in [0.15, 0.2) is 11.5 Å². The minimum atomic E-state index is 0.104. The first kappa shape index (κ1) is 18.7. The summed E-state index contributed by atoms with van der Waals surface area (Å²) in [7, 11) is 4.75. The molecule has 0 aliphatic rings. The molecule has 0 aliphatic carbocycles. The third-order valence-corrected chi connectivity index (χ3v) is 4.49. The summed E-state index contributed by atoms with van der Waals surface area (Å²) in [4.78, 5) is 8.12. The van der Waals surface area contributed by atoms with Crippen LogP contribution in [-0.2, 0) is 6.54 Å². The molecule has 0 fully saturated rings. The summed E-state index contributed by atoms with van der Waals surface area (Å²) in [6.45, 7) is 0.435. The lowest BCUT2D eigenvalue weighted by Crippen LogP contribution is -2.05. The first-order valence-electron chi connectivity index (χ1n) is 8.02. The summed E-state index contributed by atoms with van der Waals surface area (Å²) >= 11 is 6.51. The molecule has 0 bridgehead atoms. The SMILES string of the molecule is COc1cc(OC)c(OC)cc1CNc1ccc2nc(N)nc(N)c2c1Cl. The average molecular weight is 390 g/mol. The van der Waals surface area contributed by atoms with Crippen LogP contribution < -0.4 is 31.0 Å². The number of nitrogens with zero attached hydrogens (tertiary/aromatic N) is 2. The number of hydrogen-bond donors (Lipinski definition) is 3. The van der Waals surface area contributed by atoms with Crippen LogP contribution in [0.3, 0.4) is 0 Å². The zero-order valence-corrected chi connectivity index (χ0v) is 15.9. The number of nitrogen functional groups attached to an aromatic ring is 2. The van der Waals surface area contributed by atoms with Crippen LogP contribution in [0.1, 0.15) is 5.56 Å². The predicted molar refractivity (Wildman–Crippen MR) is 107 cm³/mol. The number of methoxy groups -OCH3 is 3. The number of fused-ring (bicyclic) bond motifs is 1. The van der Waals surface area contributed by atoms with Crippen molar-refractivity contribution in [3.8, 4) is 17.2 Å². The van der Waals surface area contributed by atoms with Crippen molar-refractivity contribution in [3.63, 3.8) is 0 Å². The number of nitrogens with one attached hydrogen (secondary N) is 1. The molecule has 0 radical (unpaired) electrons. The molecule has 0 saturated heterocycles. The van der Waals surface area contributed by atoms with Crippen LogP contribution in [0.5, 0.6) is 17.2 Å². The van der Waals surface area contributed by atoms with Gasteiger partial charge in [-0.15, -0.1) is 0 Å². The molecule has 0 aliphatic heterocycles. The van der Waals surface area contributed by atoms with Crippen molar-refractivity contribution in [2.75, 3.05) is 38.1 Å². The van der Waals surface area contributed by atoms with E-state index in [1.165, 1.54) is 0 Å². The molecule has 8 nitrogen and oxygen atoms in total. The van der Waals surface area contributed by atoms with Crippen LogP contribution in [-0.4, -0.2) is 31.3 Å². The van der Waals surface area contributed by atoms with Crippen molar-refractivity contribution in [2.45, 2.75) is 6.54 Å². The highest BCUT2D eigenvalue weighted by atomic mass is 35.5. The van der Waals surface area contributed by atoms with Gasteiger partial charge in [0.2, 0.25) is 5.95 Å². The first-order chi connectivity index (χ1) is 13.0. The average Bonchev–Trinajstić information content (AvgIpc) is 2.66. The van der Waals surface area contributed by atoms with E-state index in [2.05, 4.69) is 15.3 Å². The first-order valence-corrected chi connectivity index (χ1v) is 8.40. The summed E-state index contributed by atoms with van der Waals surface area (Å²) in [5, 5.41) is 4.25. The minimum absolute atomic E-state index is 0.104. The van der Waals surface area contributed by atoms with Gasteiger partial charge in [0.05, 0.1) is 42.9 Å². The van der Waals surface area contributed by atoms with Gasteiger partial charge in [-0.05, 0) is 18.2 Å². The zero-order chi connectivity index (χ0) is 19.6. The van der Waals surface area contributed by atoms with E-state index in [0.29, 0.717) is 45.4 Å². The molecule has 0 saturated carbocycles. The lowest BCUT2D eigenvalue weighted by atomic mass is 10.1. The Morgan fingerprint density at radius 3 is 2.30 bits per heavy atom. The number of aromatic nitrogens is 2. The molecule has 3 aromatic rings. The number of hydrogen-bond acceptors (Lipinski definition) is 8. The van der Waals surface area contributed by atoms with E-state index < -0.39 is 0 Å². The van der Waals surface area contributed by atoms with E-state index in [9.17, 15) is 0 Å². The maximum atomic E-state index is 6.51. The normalized spacial score (nSPS) is 10.7. The molecule has 0 unspecified atom stereocenters. The van der Waals surface area contributed by atoms with Crippen molar-refractivity contribution >= 4 is 40.0 Å². The quantitative estimate of drug-likeness (QED) is 0.588. The van der Waals surface area contributed by atoms with Crippen LogP contribution in [0.25, 0.3) is 10.9 Å². The molecule has 1 heterocycles. The number of rotatable bonds is 6. The van der Waals surface area contributed by atoms with Crippen LogP contribution in [0.2, 0.25) is 5.02 Å². The zero-order valence-electron chi connectivity index (χ0n) is 15.2. The monoisotopic (exact) mass is 389 g/mol. The molecular weight excluding hydrogens is 370 g/mol. The summed E-state index contributed by atoms with van der Waals surface area (Å²) in [5.41, 5.74) is 13.7. The molecule has 1 aromatic heterocycles. The van der Waals surface area contributed by atoms with Crippen molar-refractivity contribution in [2.24, 2.45) is 0 Å². The van der Waals surface area contributed by atoms with Crippen molar-refractivity contribution < 1.29 is 14.2 Å². The Kier molecular flexibility index (Phi) is 5.27. The second kappa shape index (κ2) is 7.63. The fourth-order valence-electron chi connectivity index (χ4n) is 2.79.